The normalized spacial score (nSPS) is 10.8. The lowest BCUT2D eigenvalue weighted by molar-refractivity contribution is -0.139. The third-order valence-corrected chi connectivity index (χ3v) is 5.06. The standard InChI is InChI=1S/C18H18N4O3S/c1-9-10(2)20-14-7-12(5-6-13(14)19-9)17(24)22-18-21-11(3)15(26-18)8-16(23)25-4/h5-7H,8H2,1-4H3,(H,21,22,24). The highest BCUT2D eigenvalue weighted by molar-refractivity contribution is 7.16. The molecular weight excluding hydrogens is 352 g/mol. The Kier molecular flexibility index (Phi) is 4.94. The Morgan fingerprint density at radius 3 is 2.42 bits per heavy atom. The second-order valence-electron chi connectivity index (χ2n) is 5.83. The van der Waals surface area contributed by atoms with Crippen LogP contribution in [0.2, 0.25) is 0 Å². The minimum atomic E-state index is -0.339. The van der Waals surface area contributed by atoms with Crippen molar-refractivity contribution >= 4 is 39.4 Å². The maximum absolute atomic E-state index is 12.5. The maximum Gasteiger partial charge on any atom is 0.310 e. The Bertz CT molecular complexity index is 1010. The predicted molar refractivity (Wildman–Crippen MR) is 99.5 cm³/mol. The van der Waals surface area contributed by atoms with Crippen LogP contribution in [0.3, 0.4) is 0 Å². The molecular formula is C18H18N4O3S. The molecule has 2 aromatic heterocycles. The molecule has 2 heterocycles. The van der Waals surface area contributed by atoms with Gasteiger partial charge >= 0.3 is 5.97 Å². The lowest BCUT2D eigenvalue weighted by Gasteiger charge is -2.05. The Morgan fingerprint density at radius 1 is 1.04 bits per heavy atom. The van der Waals surface area contributed by atoms with E-state index in [2.05, 4.69) is 25.0 Å². The van der Waals surface area contributed by atoms with Gasteiger partial charge in [-0.1, -0.05) is 0 Å². The van der Waals surface area contributed by atoms with Crippen LogP contribution >= 0.6 is 11.3 Å². The second kappa shape index (κ2) is 7.17. The Labute approximate surface area is 154 Å². The summed E-state index contributed by atoms with van der Waals surface area (Å²) in [4.78, 5) is 38.0. The molecule has 3 rings (SSSR count). The number of fused-ring (bicyclic) bond motifs is 1. The Morgan fingerprint density at radius 2 is 1.73 bits per heavy atom. The van der Waals surface area contributed by atoms with Gasteiger partial charge in [-0.2, -0.15) is 0 Å². The average molecular weight is 370 g/mol. The number of thiazole rings is 1. The number of esters is 1. The van der Waals surface area contributed by atoms with E-state index in [0.717, 1.165) is 21.8 Å². The van der Waals surface area contributed by atoms with Crippen molar-refractivity contribution in [2.45, 2.75) is 27.2 Å². The van der Waals surface area contributed by atoms with Crippen LogP contribution in [-0.4, -0.2) is 33.9 Å². The number of benzene rings is 1. The summed E-state index contributed by atoms with van der Waals surface area (Å²) in [6.07, 6.45) is 0.139. The summed E-state index contributed by atoms with van der Waals surface area (Å²) in [5.74, 6) is -0.626. The zero-order valence-electron chi connectivity index (χ0n) is 14.9. The van der Waals surface area contributed by atoms with Crippen LogP contribution < -0.4 is 5.32 Å². The summed E-state index contributed by atoms with van der Waals surface area (Å²) in [6.45, 7) is 5.58. The third-order valence-electron chi connectivity index (χ3n) is 3.98. The first-order chi connectivity index (χ1) is 12.4. The van der Waals surface area contributed by atoms with Crippen LogP contribution in [0.5, 0.6) is 0 Å². The molecule has 1 aromatic carbocycles. The largest absolute Gasteiger partial charge is 0.469 e. The monoisotopic (exact) mass is 370 g/mol. The van der Waals surface area contributed by atoms with Crippen molar-refractivity contribution in [3.05, 3.63) is 45.7 Å². The van der Waals surface area contributed by atoms with Gasteiger partial charge in [0.05, 0.1) is 41.6 Å². The number of hydrogen-bond donors (Lipinski definition) is 1. The number of methoxy groups -OCH3 is 1. The van der Waals surface area contributed by atoms with Gasteiger partial charge in [0.2, 0.25) is 0 Å². The second-order valence-corrected chi connectivity index (χ2v) is 6.92. The molecule has 0 aliphatic heterocycles. The minimum Gasteiger partial charge on any atom is -0.469 e. The van der Waals surface area contributed by atoms with Crippen molar-refractivity contribution < 1.29 is 14.3 Å². The van der Waals surface area contributed by atoms with Crippen molar-refractivity contribution in [2.75, 3.05) is 12.4 Å². The molecule has 0 radical (unpaired) electrons. The molecule has 0 saturated heterocycles. The summed E-state index contributed by atoms with van der Waals surface area (Å²) in [5.41, 5.74) is 4.28. The molecule has 1 N–H and O–H groups in total. The van der Waals surface area contributed by atoms with Gasteiger partial charge in [0.25, 0.3) is 5.91 Å². The molecule has 0 aliphatic carbocycles. The van der Waals surface area contributed by atoms with E-state index in [0.29, 0.717) is 21.9 Å². The molecule has 3 aromatic rings. The van der Waals surface area contributed by atoms with Gasteiger partial charge in [0.1, 0.15) is 0 Å². The molecule has 0 aliphatic rings. The van der Waals surface area contributed by atoms with Crippen molar-refractivity contribution in [1.82, 2.24) is 15.0 Å². The van der Waals surface area contributed by atoms with Crippen LogP contribution in [-0.2, 0) is 16.0 Å². The van der Waals surface area contributed by atoms with Crippen LogP contribution in [0.4, 0.5) is 5.13 Å². The molecule has 0 fully saturated rings. The zero-order chi connectivity index (χ0) is 18.8. The van der Waals surface area contributed by atoms with Crippen LogP contribution in [0.25, 0.3) is 11.0 Å². The van der Waals surface area contributed by atoms with E-state index in [1.807, 2.05) is 13.8 Å². The number of carbonyl (C=O) groups is 2. The van der Waals surface area contributed by atoms with Gasteiger partial charge in [-0.05, 0) is 39.0 Å². The first kappa shape index (κ1) is 17.9. The fraction of sp³-hybridized carbons (Fsp3) is 0.278. The minimum absolute atomic E-state index is 0.139. The smallest absolute Gasteiger partial charge is 0.310 e. The van der Waals surface area contributed by atoms with Crippen LogP contribution in [0.15, 0.2) is 18.2 Å². The molecule has 0 spiro atoms. The number of nitrogens with one attached hydrogen (secondary N) is 1. The number of ether oxygens (including phenoxy) is 1. The molecule has 0 saturated carbocycles. The van der Waals surface area contributed by atoms with Crippen molar-refractivity contribution in [2.24, 2.45) is 0 Å². The fourth-order valence-electron chi connectivity index (χ4n) is 2.39. The SMILES string of the molecule is COC(=O)Cc1sc(NC(=O)c2ccc3nc(C)c(C)nc3c2)nc1C. The number of amides is 1. The lowest BCUT2D eigenvalue weighted by Crippen LogP contribution is -2.11. The highest BCUT2D eigenvalue weighted by Crippen LogP contribution is 2.24. The number of aromatic nitrogens is 3. The predicted octanol–water partition coefficient (Wildman–Crippen LogP) is 2.98. The van der Waals surface area contributed by atoms with E-state index in [1.54, 1.807) is 25.1 Å². The van der Waals surface area contributed by atoms with Crippen LogP contribution in [0, 0.1) is 20.8 Å². The molecule has 7 nitrogen and oxygen atoms in total. The summed E-state index contributed by atoms with van der Waals surface area (Å²) in [7, 11) is 1.34. The summed E-state index contributed by atoms with van der Waals surface area (Å²) >= 11 is 1.26. The first-order valence-electron chi connectivity index (χ1n) is 7.97. The van der Waals surface area contributed by atoms with E-state index in [1.165, 1.54) is 18.4 Å². The molecule has 0 unspecified atom stereocenters. The van der Waals surface area contributed by atoms with Gasteiger partial charge in [0, 0.05) is 10.4 Å². The number of aryl methyl sites for hydroxylation is 3. The topological polar surface area (TPSA) is 94.1 Å². The van der Waals surface area contributed by atoms with Gasteiger partial charge in [0.15, 0.2) is 5.13 Å². The number of anilines is 1. The van der Waals surface area contributed by atoms with E-state index in [4.69, 9.17) is 0 Å². The molecule has 0 bridgehead atoms. The number of hydrogen-bond acceptors (Lipinski definition) is 7. The average Bonchev–Trinajstić information content (AvgIpc) is 2.94. The van der Waals surface area contributed by atoms with E-state index in [9.17, 15) is 9.59 Å². The zero-order valence-corrected chi connectivity index (χ0v) is 15.7. The quantitative estimate of drug-likeness (QED) is 0.710. The Hall–Kier alpha value is -2.87. The fourth-order valence-corrected chi connectivity index (χ4v) is 3.33. The van der Waals surface area contributed by atoms with Crippen molar-refractivity contribution in [3.8, 4) is 0 Å². The van der Waals surface area contributed by atoms with Crippen LogP contribution in [0.1, 0.15) is 32.3 Å². The molecule has 134 valence electrons. The maximum atomic E-state index is 12.5. The van der Waals surface area contributed by atoms with E-state index in [-0.39, 0.29) is 18.3 Å². The highest BCUT2D eigenvalue weighted by atomic mass is 32.1. The van der Waals surface area contributed by atoms with Gasteiger partial charge in [-0.3, -0.25) is 14.9 Å². The molecule has 0 atom stereocenters. The number of nitrogens with zero attached hydrogens (tertiary/aromatic N) is 3. The van der Waals surface area contributed by atoms with Crippen molar-refractivity contribution in [1.29, 1.82) is 0 Å². The van der Waals surface area contributed by atoms with E-state index < -0.39 is 0 Å². The highest BCUT2D eigenvalue weighted by Gasteiger charge is 2.15. The third kappa shape index (κ3) is 3.70. The summed E-state index contributed by atoms with van der Waals surface area (Å²) < 4.78 is 4.67. The molecule has 26 heavy (non-hydrogen) atoms. The molecule has 8 heteroatoms. The summed E-state index contributed by atoms with van der Waals surface area (Å²) in [6, 6.07) is 5.19. The lowest BCUT2D eigenvalue weighted by atomic mass is 10.1. The number of carbonyl (C=O) groups excluding carboxylic acids is 2. The Balaban J connectivity index is 1.82. The first-order valence-corrected chi connectivity index (χ1v) is 8.78. The van der Waals surface area contributed by atoms with E-state index >= 15 is 0 Å². The van der Waals surface area contributed by atoms with Gasteiger partial charge in [-0.25, -0.2) is 15.0 Å². The summed E-state index contributed by atoms with van der Waals surface area (Å²) in [5, 5.41) is 3.21. The van der Waals surface area contributed by atoms with Gasteiger partial charge in [-0.15, -0.1) is 11.3 Å². The molecule has 1 amide bonds. The van der Waals surface area contributed by atoms with Crippen molar-refractivity contribution in [3.63, 3.8) is 0 Å². The van der Waals surface area contributed by atoms with Gasteiger partial charge < -0.3 is 4.74 Å². The number of rotatable bonds is 4.